The molecule has 0 aromatic rings. The number of piperidine rings is 2. The minimum absolute atomic E-state index is 0.0100. The van der Waals surface area contributed by atoms with Gasteiger partial charge in [-0.3, -0.25) is 9.59 Å². The normalized spacial score (nSPS) is 38.0. The van der Waals surface area contributed by atoms with Crippen LogP contribution in [-0.4, -0.2) is 48.1 Å². The van der Waals surface area contributed by atoms with E-state index in [1.165, 1.54) is 6.42 Å². The van der Waals surface area contributed by atoms with Crippen LogP contribution < -0.4 is 5.32 Å². The summed E-state index contributed by atoms with van der Waals surface area (Å²) in [6.07, 6.45) is 5.50. The van der Waals surface area contributed by atoms with Crippen LogP contribution in [0.15, 0.2) is 0 Å². The second-order valence-corrected chi connectivity index (χ2v) is 6.64. The van der Waals surface area contributed by atoms with Crippen LogP contribution >= 0.6 is 0 Å². The lowest BCUT2D eigenvalue weighted by Gasteiger charge is -2.46. The van der Waals surface area contributed by atoms with Gasteiger partial charge in [0.15, 0.2) is 0 Å². The van der Waals surface area contributed by atoms with E-state index in [-0.39, 0.29) is 23.4 Å². The molecule has 112 valence electrons. The Morgan fingerprint density at radius 2 is 2.25 bits per heavy atom. The number of nitrogens with one attached hydrogen (secondary N) is 1. The zero-order valence-corrected chi connectivity index (χ0v) is 12.2. The molecule has 1 unspecified atom stereocenters. The van der Waals surface area contributed by atoms with Crippen LogP contribution in [0, 0.1) is 5.92 Å². The van der Waals surface area contributed by atoms with Crippen LogP contribution in [0.25, 0.3) is 0 Å². The van der Waals surface area contributed by atoms with Crippen LogP contribution in [0.3, 0.4) is 0 Å². The molecule has 3 rings (SSSR count). The lowest BCUT2D eigenvalue weighted by molar-refractivity contribution is -0.146. The van der Waals surface area contributed by atoms with Crippen molar-refractivity contribution in [2.45, 2.75) is 57.0 Å². The number of likely N-dealkylation sites (tertiary alicyclic amines) is 1. The molecule has 20 heavy (non-hydrogen) atoms. The van der Waals surface area contributed by atoms with E-state index < -0.39 is 0 Å². The second-order valence-electron chi connectivity index (χ2n) is 6.64. The first kappa shape index (κ1) is 13.9. The summed E-state index contributed by atoms with van der Waals surface area (Å²) in [5.41, 5.74) is -0.0965. The molecule has 3 aliphatic rings. The quantitative estimate of drug-likeness (QED) is 0.781. The zero-order valence-electron chi connectivity index (χ0n) is 12.2. The Labute approximate surface area is 120 Å². The summed E-state index contributed by atoms with van der Waals surface area (Å²) >= 11 is 0. The molecule has 2 amide bonds. The number of carbonyl (C=O) groups excluding carboxylic acids is 2. The average Bonchev–Trinajstić information content (AvgIpc) is 2.86. The molecular weight excluding hydrogens is 256 g/mol. The van der Waals surface area contributed by atoms with Crippen molar-refractivity contribution >= 4 is 11.8 Å². The SMILES string of the molecule is C[C@H]1CC(=O)N[C@@H](C(=O)N2CCCCC23CCOC3)C1. The molecule has 1 N–H and O–H groups in total. The Morgan fingerprint density at radius 3 is 2.95 bits per heavy atom. The predicted molar refractivity (Wildman–Crippen MR) is 74.1 cm³/mol. The maximum Gasteiger partial charge on any atom is 0.245 e. The number of hydrogen-bond donors (Lipinski definition) is 1. The van der Waals surface area contributed by atoms with Gasteiger partial charge in [-0.05, 0) is 38.0 Å². The molecule has 0 bridgehead atoms. The lowest BCUT2D eigenvalue weighted by Crippen LogP contribution is -2.61. The monoisotopic (exact) mass is 280 g/mol. The van der Waals surface area contributed by atoms with Gasteiger partial charge in [-0.15, -0.1) is 0 Å². The lowest BCUT2D eigenvalue weighted by atomic mass is 9.84. The first-order valence-corrected chi connectivity index (χ1v) is 7.79. The highest BCUT2D eigenvalue weighted by Gasteiger charge is 2.46. The van der Waals surface area contributed by atoms with Crippen molar-refractivity contribution in [2.75, 3.05) is 19.8 Å². The predicted octanol–water partition coefficient (Wildman–Crippen LogP) is 1.07. The Kier molecular flexibility index (Phi) is 3.71. The van der Waals surface area contributed by atoms with E-state index in [1.54, 1.807) is 0 Å². The van der Waals surface area contributed by atoms with Gasteiger partial charge in [0.05, 0.1) is 12.1 Å². The summed E-state index contributed by atoms with van der Waals surface area (Å²) in [5, 5.41) is 2.88. The van der Waals surface area contributed by atoms with E-state index in [2.05, 4.69) is 5.32 Å². The fourth-order valence-electron chi connectivity index (χ4n) is 3.91. The van der Waals surface area contributed by atoms with Gasteiger partial charge >= 0.3 is 0 Å². The van der Waals surface area contributed by atoms with Crippen molar-refractivity contribution in [2.24, 2.45) is 5.92 Å². The fraction of sp³-hybridized carbons (Fsp3) is 0.867. The third-order valence-corrected chi connectivity index (χ3v) is 5.00. The van der Waals surface area contributed by atoms with Crippen LogP contribution in [0.1, 0.15) is 45.4 Å². The standard InChI is InChI=1S/C15H24N2O3/c1-11-8-12(16-13(18)9-11)14(19)17-6-3-2-4-15(17)5-7-20-10-15/h11-12H,2-10H2,1H3,(H,16,18)/t11-,12-,15?/m1/s1. The highest BCUT2D eigenvalue weighted by Crippen LogP contribution is 2.36. The molecular formula is C15H24N2O3. The van der Waals surface area contributed by atoms with Crippen molar-refractivity contribution in [1.29, 1.82) is 0 Å². The molecule has 5 nitrogen and oxygen atoms in total. The molecule has 0 aromatic heterocycles. The maximum atomic E-state index is 12.9. The van der Waals surface area contributed by atoms with Gasteiger partial charge < -0.3 is 15.0 Å². The molecule has 3 fully saturated rings. The molecule has 0 aliphatic carbocycles. The Balaban J connectivity index is 1.76. The molecule has 3 saturated heterocycles. The highest BCUT2D eigenvalue weighted by atomic mass is 16.5. The van der Waals surface area contributed by atoms with Crippen molar-refractivity contribution in [3.8, 4) is 0 Å². The fourth-order valence-corrected chi connectivity index (χ4v) is 3.91. The van der Waals surface area contributed by atoms with Crippen molar-refractivity contribution in [3.63, 3.8) is 0 Å². The van der Waals surface area contributed by atoms with Crippen LogP contribution in [0.4, 0.5) is 0 Å². The van der Waals surface area contributed by atoms with Crippen molar-refractivity contribution in [1.82, 2.24) is 10.2 Å². The van der Waals surface area contributed by atoms with E-state index >= 15 is 0 Å². The van der Waals surface area contributed by atoms with Crippen molar-refractivity contribution < 1.29 is 14.3 Å². The maximum absolute atomic E-state index is 12.9. The van der Waals surface area contributed by atoms with Crippen LogP contribution in [0.5, 0.6) is 0 Å². The van der Waals surface area contributed by atoms with Gasteiger partial charge in [0, 0.05) is 19.6 Å². The molecule has 1 spiro atoms. The van der Waals surface area contributed by atoms with Crippen molar-refractivity contribution in [3.05, 3.63) is 0 Å². The summed E-state index contributed by atoms with van der Waals surface area (Å²) in [5.74, 6) is 0.407. The molecule has 5 heteroatoms. The first-order valence-electron chi connectivity index (χ1n) is 7.79. The van der Waals surface area contributed by atoms with E-state index in [9.17, 15) is 9.59 Å². The summed E-state index contributed by atoms with van der Waals surface area (Å²) in [6.45, 7) is 4.26. The van der Waals surface area contributed by atoms with E-state index in [1.807, 2.05) is 11.8 Å². The van der Waals surface area contributed by atoms with E-state index in [4.69, 9.17) is 4.74 Å². The Bertz CT molecular complexity index is 404. The number of rotatable bonds is 1. The summed E-state index contributed by atoms with van der Waals surface area (Å²) in [6, 6.07) is -0.332. The van der Waals surface area contributed by atoms with Gasteiger partial charge in [0.2, 0.25) is 11.8 Å². The zero-order chi connectivity index (χ0) is 14.2. The van der Waals surface area contributed by atoms with Crippen LogP contribution in [0.2, 0.25) is 0 Å². The number of hydrogen-bond acceptors (Lipinski definition) is 3. The van der Waals surface area contributed by atoms with Gasteiger partial charge in [-0.2, -0.15) is 0 Å². The summed E-state index contributed by atoms with van der Waals surface area (Å²) in [4.78, 5) is 26.6. The van der Waals surface area contributed by atoms with Gasteiger partial charge in [-0.25, -0.2) is 0 Å². The van der Waals surface area contributed by atoms with Gasteiger partial charge in [0.1, 0.15) is 6.04 Å². The number of amides is 2. The molecule has 0 radical (unpaired) electrons. The van der Waals surface area contributed by atoms with E-state index in [0.717, 1.165) is 38.8 Å². The highest BCUT2D eigenvalue weighted by molar-refractivity contribution is 5.89. The Hall–Kier alpha value is -1.10. The third kappa shape index (κ3) is 2.43. The number of carbonyl (C=O) groups is 2. The molecule has 0 saturated carbocycles. The van der Waals surface area contributed by atoms with Gasteiger partial charge in [0.25, 0.3) is 0 Å². The number of ether oxygens (including phenoxy) is 1. The minimum Gasteiger partial charge on any atom is -0.379 e. The molecule has 3 heterocycles. The van der Waals surface area contributed by atoms with Crippen LogP contribution in [-0.2, 0) is 14.3 Å². The summed E-state index contributed by atoms with van der Waals surface area (Å²) < 4.78 is 5.57. The topological polar surface area (TPSA) is 58.6 Å². The van der Waals surface area contributed by atoms with E-state index in [0.29, 0.717) is 18.9 Å². The largest absolute Gasteiger partial charge is 0.379 e. The molecule has 0 aromatic carbocycles. The van der Waals surface area contributed by atoms with Gasteiger partial charge in [-0.1, -0.05) is 6.92 Å². The summed E-state index contributed by atoms with van der Waals surface area (Å²) in [7, 11) is 0. The smallest absolute Gasteiger partial charge is 0.245 e. The first-order chi connectivity index (χ1) is 9.61. The second kappa shape index (κ2) is 5.35. The molecule has 3 aliphatic heterocycles. The average molecular weight is 280 g/mol. The third-order valence-electron chi connectivity index (χ3n) is 5.00. The Morgan fingerprint density at radius 1 is 1.40 bits per heavy atom. The number of nitrogens with zero attached hydrogens (tertiary/aromatic N) is 1. The minimum atomic E-state index is -0.332. The molecule has 3 atom stereocenters.